The van der Waals surface area contributed by atoms with E-state index in [0.717, 1.165) is 28.2 Å². The first-order chi connectivity index (χ1) is 14.1. The number of nitrogens with zero attached hydrogens (tertiary/aromatic N) is 5. The summed E-state index contributed by atoms with van der Waals surface area (Å²) in [5.74, 6) is 0.499. The summed E-state index contributed by atoms with van der Waals surface area (Å²) in [6.07, 6.45) is 0. The van der Waals surface area contributed by atoms with Crippen LogP contribution >= 0.6 is 23.8 Å². The van der Waals surface area contributed by atoms with Crippen LogP contribution in [0.25, 0.3) is 28.3 Å². The van der Waals surface area contributed by atoms with E-state index in [1.165, 1.54) is 0 Å². The van der Waals surface area contributed by atoms with Crippen molar-refractivity contribution in [1.82, 2.24) is 29.5 Å². The number of rotatable bonds is 4. The molecule has 29 heavy (non-hydrogen) atoms. The van der Waals surface area contributed by atoms with Crippen molar-refractivity contribution in [2.45, 2.75) is 13.5 Å². The van der Waals surface area contributed by atoms with Crippen LogP contribution in [0.15, 0.2) is 59.1 Å². The summed E-state index contributed by atoms with van der Waals surface area (Å²) in [5, 5.41) is 12.7. The minimum Gasteiger partial charge on any atom is -0.348 e. The third kappa shape index (κ3) is 3.37. The zero-order chi connectivity index (χ0) is 20.0. The number of hydrogen-bond donors (Lipinski definition) is 1. The maximum atomic E-state index is 6.38. The molecule has 0 saturated carbocycles. The van der Waals surface area contributed by atoms with E-state index >= 15 is 0 Å². The molecule has 0 aliphatic rings. The molecule has 0 unspecified atom stereocenters. The average molecular weight is 423 g/mol. The highest BCUT2D eigenvalue weighted by atomic mass is 35.5. The Morgan fingerprint density at radius 1 is 1.07 bits per heavy atom. The first kappa shape index (κ1) is 17.8. The maximum absolute atomic E-state index is 6.38. The van der Waals surface area contributed by atoms with E-state index in [0.29, 0.717) is 23.1 Å². The zero-order valence-electron chi connectivity index (χ0n) is 15.3. The molecule has 144 valence electrons. The van der Waals surface area contributed by atoms with Gasteiger partial charge < -0.3 is 4.52 Å². The third-order valence-corrected chi connectivity index (χ3v) is 5.04. The number of nitrogens with one attached hydrogen (secondary N) is 1. The van der Waals surface area contributed by atoms with E-state index < -0.39 is 0 Å². The predicted octanol–water partition coefficient (Wildman–Crippen LogP) is 4.92. The van der Waals surface area contributed by atoms with Crippen molar-refractivity contribution in [3.05, 3.63) is 75.8 Å². The van der Waals surface area contributed by atoms with Gasteiger partial charge in [0.25, 0.3) is 0 Å². The lowest BCUT2D eigenvalue weighted by molar-refractivity contribution is 0.406. The molecule has 0 radical (unpaired) electrons. The maximum Gasteiger partial charge on any atom is 0.314 e. The van der Waals surface area contributed by atoms with E-state index in [9.17, 15) is 0 Å². The van der Waals surface area contributed by atoms with Gasteiger partial charge in [0, 0.05) is 16.3 Å². The van der Waals surface area contributed by atoms with Gasteiger partial charge in [-0.1, -0.05) is 41.9 Å². The van der Waals surface area contributed by atoms with Crippen LogP contribution in [0.1, 0.15) is 11.4 Å². The molecule has 0 saturated heterocycles. The number of fused-ring (bicyclic) bond motifs is 1. The second-order valence-electron chi connectivity index (χ2n) is 6.66. The first-order valence-corrected chi connectivity index (χ1v) is 9.69. The molecule has 0 aliphatic carbocycles. The Bertz CT molecular complexity index is 1380. The summed E-state index contributed by atoms with van der Waals surface area (Å²) in [5.41, 5.74) is 5.41. The topological polar surface area (TPSA) is 76.9 Å². The van der Waals surface area contributed by atoms with Crippen molar-refractivity contribution in [1.29, 1.82) is 0 Å². The van der Waals surface area contributed by atoms with Gasteiger partial charge in [-0.05, 0) is 43.4 Å². The minimum atomic E-state index is 0.147. The SMILES string of the molecule is Cc1cc(-c2nc(=S)o[nH]2)nn1Cc1cc(Cl)cc2cc(-c3ccccc3)nn12. The molecule has 0 fully saturated rings. The van der Waals surface area contributed by atoms with Crippen LogP contribution < -0.4 is 0 Å². The lowest BCUT2D eigenvalue weighted by atomic mass is 10.1. The zero-order valence-corrected chi connectivity index (χ0v) is 16.9. The van der Waals surface area contributed by atoms with Gasteiger partial charge in [0.15, 0.2) is 5.82 Å². The normalized spacial score (nSPS) is 11.4. The Labute approximate surface area is 175 Å². The van der Waals surface area contributed by atoms with Crippen LogP contribution in [0.3, 0.4) is 0 Å². The van der Waals surface area contributed by atoms with Gasteiger partial charge in [-0.15, -0.1) is 0 Å². The Balaban J connectivity index is 1.56. The van der Waals surface area contributed by atoms with Gasteiger partial charge in [0.05, 0.1) is 23.4 Å². The van der Waals surface area contributed by atoms with Crippen LogP contribution in [0.2, 0.25) is 5.02 Å². The Morgan fingerprint density at radius 3 is 2.66 bits per heavy atom. The fraction of sp³-hybridized carbons (Fsp3) is 0.100. The lowest BCUT2D eigenvalue weighted by Gasteiger charge is -2.08. The molecule has 7 nitrogen and oxygen atoms in total. The van der Waals surface area contributed by atoms with Crippen LogP contribution in [0.5, 0.6) is 0 Å². The van der Waals surface area contributed by atoms with E-state index in [1.54, 1.807) is 0 Å². The van der Waals surface area contributed by atoms with Gasteiger partial charge >= 0.3 is 4.84 Å². The molecule has 0 spiro atoms. The summed E-state index contributed by atoms with van der Waals surface area (Å²) in [4.78, 5) is 4.27. The highest BCUT2D eigenvalue weighted by Crippen LogP contribution is 2.24. The van der Waals surface area contributed by atoms with E-state index in [1.807, 2.05) is 70.7 Å². The van der Waals surface area contributed by atoms with Gasteiger partial charge in [-0.3, -0.25) is 4.68 Å². The molecule has 0 bridgehead atoms. The van der Waals surface area contributed by atoms with Crippen LogP contribution in [0.4, 0.5) is 0 Å². The van der Waals surface area contributed by atoms with Crippen LogP contribution in [-0.4, -0.2) is 29.5 Å². The lowest BCUT2D eigenvalue weighted by Crippen LogP contribution is -2.09. The predicted molar refractivity (Wildman–Crippen MR) is 112 cm³/mol. The van der Waals surface area contributed by atoms with Crippen molar-refractivity contribution in [3.8, 4) is 22.8 Å². The van der Waals surface area contributed by atoms with Crippen molar-refractivity contribution in [2.24, 2.45) is 0 Å². The summed E-state index contributed by atoms with van der Waals surface area (Å²) < 4.78 is 8.77. The van der Waals surface area contributed by atoms with Gasteiger partial charge in [0.2, 0.25) is 0 Å². The summed E-state index contributed by atoms with van der Waals surface area (Å²) >= 11 is 11.3. The van der Waals surface area contributed by atoms with Crippen molar-refractivity contribution < 1.29 is 4.52 Å². The molecule has 1 aromatic carbocycles. The molecule has 4 aromatic heterocycles. The van der Waals surface area contributed by atoms with Crippen molar-refractivity contribution in [2.75, 3.05) is 0 Å². The second kappa shape index (κ2) is 6.98. The monoisotopic (exact) mass is 422 g/mol. The molecule has 0 atom stereocenters. The largest absolute Gasteiger partial charge is 0.348 e. The molecule has 0 aliphatic heterocycles. The number of halogens is 1. The summed E-state index contributed by atoms with van der Waals surface area (Å²) in [6, 6.07) is 17.8. The Kier molecular flexibility index (Phi) is 4.30. The standard InChI is InChI=1S/C20H15ClN6OS/c1-12-7-18(19-22-20(29)28-25-19)23-26(12)11-16-9-14(21)8-15-10-17(24-27(15)16)13-5-3-2-4-6-13/h2-10H,11H2,1H3,(H,22,25,29). The third-order valence-electron chi connectivity index (χ3n) is 4.64. The average Bonchev–Trinajstić information content (AvgIpc) is 3.41. The number of aryl methyl sites for hydroxylation is 1. The molecule has 5 rings (SSSR count). The van der Waals surface area contributed by atoms with Crippen LogP contribution in [0, 0.1) is 11.8 Å². The Hall–Kier alpha value is -3.23. The number of hydrogen-bond acceptors (Lipinski definition) is 5. The molecule has 1 N–H and O–H groups in total. The number of H-pyrrole nitrogens is 1. The number of pyridine rings is 1. The van der Waals surface area contributed by atoms with E-state index in [-0.39, 0.29) is 4.84 Å². The van der Waals surface area contributed by atoms with Gasteiger partial charge in [-0.2, -0.15) is 20.3 Å². The minimum absolute atomic E-state index is 0.147. The Morgan fingerprint density at radius 2 is 1.90 bits per heavy atom. The first-order valence-electron chi connectivity index (χ1n) is 8.91. The molecule has 9 heteroatoms. The fourth-order valence-corrected chi connectivity index (χ4v) is 3.64. The van der Waals surface area contributed by atoms with Gasteiger partial charge in [0.1, 0.15) is 5.69 Å². The smallest absolute Gasteiger partial charge is 0.314 e. The molecule has 4 heterocycles. The highest BCUT2D eigenvalue weighted by Gasteiger charge is 2.14. The number of benzene rings is 1. The highest BCUT2D eigenvalue weighted by molar-refractivity contribution is 7.71. The van der Waals surface area contributed by atoms with E-state index in [4.69, 9.17) is 33.4 Å². The summed E-state index contributed by atoms with van der Waals surface area (Å²) in [7, 11) is 0. The van der Waals surface area contributed by atoms with Crippen molar-refractivity contribution in [3.63, 3.8) is 0 Å². The molecule has 0 amide bonds. The molecular formula is C20H15ClN6OS. The van der Waals surface area contributed by atoms with E-state index in [2.05, 4.69) is 15.2 Å². The number of aromatic amines is 1. The van der Waals surface area contributed by atoms with Crippen LogP contribution in [-0.2, 0) is 6.54 Å². The fourth-order valence-electron chi connectivity index (χ4n) is 3.27. The quantitative estimate of drug-likeness (QED) is 0.416. The van der Waals surface area contributed by atoms with Gasteiger partial charge in [-0.25, -0.2) is 4.52 Å². The number of aromatic nitrogens is 6. The second-order valence-corrected chi connectivity index (χ2v) is 7.44. The summed E-state index contributed by atoms with van der Waals surface area (Å²) in [6.45, 7) is 2.48. The molecule has 5 aromatic rings. The molecular weight excluding hydrogens is 408 g/mol. The van der Waals surface area contributed by atoms with Crippen molar-refractivity contribution >= 4 is 29.3 Å².